The minimum absolute atomic E-state index is 0.0524. The Hall–Kier alpha value is -9.10. The van der Waals surface area contributed by atoms with Gasteiger partial charge in [0.25, 0.3) is 0 Å². The topological polar surface area (TPSA) is 460 Å². The smallest absolute Gasteiger partial charge is 0.329 e. The van der Waals surface area contributed by atoms with Crippen molar-refractivity contribution in [2.75, 3.05) is 116 Å². The van der Waals surface area contributed by atoms with Crippen LogP contribution in [-0.2, 0) is 92.8 Å². The first-order valence-electron chi connectivity index (χ1n) is 32.0. The van der Waals surface area contributed by atoms with E-state index in [4.69, 9.17) is 50.7 Å². The molecule has 532 valence electrons. The largest absolute Gasteiger partial charge is 0.480 e. The van der Waals surface area contributed by atoms with Gasteiger partial charge in [-0.3, -0.25) is 33.6 Å². The molecule has 0 spiro atoms. The van der Waals surface area contributed by atoms with Crippen LogP contribution in [0.4, 0.5) is 11.4 Å². The number of ether oxygens (including phenoxy) is 6. The van der Waals surface area contributed by atoms with Crippen molar-refractivity contribution >= 4 is 58.7 Å². The van der Waals surface area contributed by atoms with E-state index in [1.54, 1.807) is 48.5 Å². The van der Waals surface area contributed by atoms with E-state index in [2.05, 4.69) is 68.9 Å². The van der Waals surface area contributed by atoms with Gasteiger partial charge in [-0.1, -0.05) is 148 Å². The standard InChI is InChI=1S/C33H47N7O8.C23H31N3O3.C10H18N4O6/c1-2-3-5-10-28(32(44)37-27-13-11-26(22-41)12-14-27)39-33(45)29(21-25-8-6-4-7-9-25)38-31(43)24-48-23-30(42)35-15-17-46-19-20-47-18-16-36-40-34;1-2-3-5-10-21(23(29)25-19-13-11-18(16-27)12-14-19)26-22(28)20(24)15-17-8-6-4-7-9-17;11-14-13-2-4-19-6-5-18-3-1-12-9(15)7-20-8-10(16)17/h4,6-9,11-14,28-29,41H,2-3,5,10,15-24H2,1H3,(H,35,42)(H,37,44)(H,38,43)(H,39,45);4,6-9,11-14,20-21,27H,2-3,5,10,15-16,24H2,1H3,(H,25,29)(H,26,28);1-8H2,(H,12,15)(H,16,17). The molecule has 0 heterocycles. The van der Waals surface area contributed by atoms with Crippen molar-refractivity contribution in [1.29, 1.82) is 0 Å². The zero-order valence-corrected chi connectivity index (χ0v) is 55.3. The number of aliphatic carboxylic acids is 1. The Balaban J connectivity index is 0.000000551. The molecule has 12 N–H and O–H groups in total. The van der Waals surface area contributed by atoms with Gasteiger partial charge in [0.1, 0.15) is 44.6 Å². The molecule has 0 saturated heterocycles. The highest BCUT2D eigenvalue weighted by Gasteiger charge is 2.28. The fraction of sp³-hybridized carbons (Fsp3) is 0.515. The molecule has 31 nitrogen and oxygen atoms in total. The van der Waals surface area contributed by atoms with Crippen LogP contribution in [-0.4, -0.2) is 192 Å². The summed E-state index contributed by atoms with van der Waals surface area (Å²) in [6, 6.07) is 29.2. The van der Waals surface area contributed by atoms with Crippen molar-refractivity contribution in [3.05, 3.63) is 152 Å². The third kappa shape index (κ3) is 42.9. The van der Waals surface area contributed by atoms with Gasteiger partial charge >= 0.3 is 5.97 Å². The first kappa shape index (κ1) is 84.0. The third-order valence-electron chi connectivity index (χ3n) is 13.4. The number of hydrogen-bond donors (Lipinski definition) is 11. The second-order valence-electron chi connectivity index (χ2n) is 21.3. The number of carboxylic acid groups (broad SMARTS) is 1. The van der Waals surface area contributed by atoms with E-state index < -0.39 is 72.9 Å². The number of carbonyl (C=O) groups is 8. The minimum Gasteiger partial charge on any atom is -0.480 e. The normalized spacial score (nSPS) is 11.7. The molecule has 0 aliphatic carbocycles. The Bertz CT molecular complexity index is 2960. The zero-order chi connectivity index (χ0) is 70.9. The average Bonchev–Trinajstić information content (AvgIpc) is 0.965. The summed E-state index contributed by atoms with van der Waals surface area (Å²) in [7, 11) is 0. The Morgan fingerprint density at radius 3 is 1.27 bits per heavy atom. The van der Waals surface area contributed by atoms with Crippen molar-refractivity contribution in [3.63, 3.8) is 0 Å². The molecule has 31 heteroatoms. The van der Waals surface area contributed by atoms with Gasteiger partial charge in [-0.05, 0) is 76.8 Å². The molecule has 0 fully saturated rings. The molecule has 4 unspecified atom stereocenters. The lowest BCUT2D eigenvalue weighted by Gasteiger charge is -2.23. The number of unbranched alkanes of at least 4 members (excludes halogenated alkanes) is 4. The van der Waals surface area contributed by atoms with E-state index in [-0.39, 0.29) is 70.9 Å². The lowest BCUT2D eigenvalue weighted by molar-refractivity contribution is -0.143. The van der Waals surface area contributed by atoms with Gasteiger partial charge in [0, 0.05) is 53.8 Å². The van der Waals surface area contributed by atoms with Crippen LogP contribution in [0, 0.1) is 0 Å². The Morgan fingerprint density at radius 2 is 0.856 bits per heavy atom. The van der Waals surface area contributed by atoms with Crippen LogP contribution >= 0.6 is 0 Å². The Morgan fingerprint density at radius 1 is 0.454 bits per heavy atom. The van der Waals surface area contributed by atoms with Crippen LogP contribution in [0.15, 0.2) is 119 Å². The van der Waals surface area contributed by atoms with Crippen molar-refractivity contribution in [2.24, 2.45) is 16.0 Å². The Labute approximate surface area is 565 Å². The quantitative estimate of drug-likeness (QED) is 0.0124. The van der Waals surface area contributed by atoms with E-state index >= 15 is 0 Å². The fourth-order valence-electron chi connectivity index (χ4n) is 8.43. The van der Waals surface area contributed by atoms with Gasteiger partial charge in [-0.15, -0.1) is 0 Å². The molecule has 0 saturated carbocycles. The number of azide groups is 2. The van der Waals surface area contributed by atoms with Crippen LogP contribution in [0.5, 0.6) is 0 Å². The van der Waals surface area contributed by atoms with Gasteiger partial charge in [-0.2, -0.15) is 0 Å². The van der Waals surface area contributed by atoms with Crippen molar-refractivity contribution in [2.45, 2.75) is 115 Å². The van der Waals surface area contributed by atoms with Crippen LogP contribution in [0.3, 0.4) is 0 Å². The maximum Gasteiger partial charge on any atom is 0.329 e. The summed E-state index contributed by atoms with van der Waals surface area (Å²) in [5.41, 5.74) is 26.7. The number of anilines is 2. The number of nitrogens with zero attached hydrogens (tertiary/aromatic N) is 6. The summed E-state index contributed by atoms with van der Waals surface area (Å²) in [4.78, 5) is 103. The second-order valence-corrected chi connectivity index (χ2v) is 21.3. The lowest BCUT2D eigenvalue weighted by Crippen LogP contribution is -2.54. The number of amides is 7. The number of aliphatic hydroxyl groups is 2. The zero-order valence-electron chi connectivity index (χ0n) is 55.3. The Kier molecular flexibility index (Phi) is 47.7. The third-order valence-corrected chi connectivity index (χ3v) is 13.4. The maximum absolute atomic E-state index is 13.5. The number of rotatable bonds is 49. The van der Waals surface area contributed by atoms with Crippen LogP contribution in [0.25, 0.3) is 20.9 Å². The van der Waals surface area contributed by atoms with Crippen LogP contribution in [0.1, 0.15) is 87.5 Å². The summed E-state index contributed by atoms with van der Waals surface area (Å²) < 4.78 is 30.6. The second kappa shape index (κ2) is 55.1. The van der Waals surface area contributed by atoms with E-state index in [1.807, 2.05) is 67.6 Å². The van der Waals surface area contributed by atoms with Crippen molar-refractivity contribution in [3.8, 4) is 0 Å². The molecule has 0 aliphatic heterocycles. The number of hydrogen-bond acceptors (Lipinski definition) is 19. The molecule has 0 aliphatic rings. The SMILES string of the molecule is CCCCCC(NC(=O)C(Cc1ccccc1)NC(=O)COCC(=O)NCCOCCOCCN=[N+]=[N-])C(=O)Nc1ccc(CO)cc1.CCCCCC(NC(=O)C(N)Cc1ccccc1)C(=O)Nc1ccc(CO)cc1.[N-]=[N+]=NCCOCCOCCNC(=O)COCC(=O)O. The number of aliphatic hydroxyl groups excluding tert-OH is 2. The lowest BCUT2D eigenvalue weighted by atomic mass is 10.0. The molecular weight excluding hydrogens is 1260 g/mol. The number of carbonyl (C=O) groups excluding carboxylic acids is 7. The predicted molar refractivity (Wildman–Crippen MR) is 361 cm³/mol. The molecule has 0 radical (unpaired) electrons. The first-order chi connectivity index (χ1) is 47.0. The van der Waals surface area contributed by atoms with Gasteiger partial charge < -0.3 is 86.7 Å². The monoisotopic (exact) mass is 1360 g/mol. The highest BCUT2D eigenvalue weighted by Crippen LogP contribution is 2.15. The van der Waals surface area contributed by atoms with Gasteiger partial charge in [-0.25, -0.2) is 4.79 Å². The molecular formula is C66H96N14O17. The van der Waals surface area contributed by atoms with Crippen molar-refractivity contribution < 1.29 is 82.1 Å². The van der Waals surface area contributed by atoms with Crippen LogP contribution in [0.2, 0.25) is 0 Å². The van der Waals surface area contributed by atoms with Crippen molar-refractivity contribution in [1.82, 2.24) is 26.6 Å². The van der Waals surface area contributed by atoms with E-state index in [9.17, 15) is 43.5 Å². The average molecular weight is 1360 g/mol. The number of carboxylic acids is 1. The summed E-state index contributed by atoms with van der Waals surface area (Å²) in [6.07, 6.45) is 6.92. The molecule has 0 bridgehead atoms. The van der Waals surface area contributed by atoms with Crippen LogP contribution < -0.4 is 43.0 Å². The molecule has 4 rings (SSSR count). The number of nitrogens with two attached hydrogens (primary N) is 1. The maximum atomic E-state index is 13.5. The molecule has 97 heavy (non-hydrogen) atoms. The summed E-state index contributed by atoms with van der Waals surface area (Å²) in [5, 5.41) is 52.4. The fourth-order valence-corrected chi connectivity index (χ4v) is 8.43. The van der Waals surface area contributed by atoms with Gasteiger partial charge in [0.2, 0.25) is 41.4 Å². The molecule has 4 aromatic rings. The predicted octanol–water partition coefficient (Wildman–Crippen LogP) is 4.69. The first-order valence-corrected chi connectivity index (χ1v) is 32.0. The molecule has 4 aromatic carbocycles. The van der Waals surface area contributed by atoms with E-state index in [1.165, 1.54) is 0 Å². The number of nitrogens with one attached hydrogen (secondary N) is 7. The van der Waals surface area contributed by atoms with Gasteiger partial charge in [0.05, 0.1) is 72.1 Å². The molecule has 4 atom stereocenters. The van der Waals surface area contributed by atoms with E-state index in [0.29, 0.717) is 95.4 Å². The number of benzene rings is 4. The highest BCUT2D eigenvalue weighted by molar-refractivity contribution is 5.99. The molecule has 7 amide bonds. The summed E-state index contributed by atoms with van der Waals surface area (Å²) >= 11 is 0. The van der Waals surface area contributed by atoms with E-state index in [0.717, 1.165) is 48.8 Å². The summed E-state index contributed by atoms with van der Waals surface area (Å²) in [6.45, 7) is 5.94. The minimum atomic E-state index is -1.12. The van der Waals surface area contributed by atoms with Gasteiger partial charge in [0.15, 0.2) is 0 Å². The molecule has 0 aromatic heterocycles. The highest BCUT2D eigenvalue weighted by atomic mass is 16.5. The summed E-state index contributed by atoms with van der Waals surface area (Å²) in [5.74, 6) is -4.09.